The van der Waals surface area contributed by atoms with E-state index in [0.717, 1.165) is 53.8 Å². The van der Waals surface area contributed by atoms with Gasteiger partial charge >= 0.3 is 0 Å². The van der Waals surface area contributed by atoms with E-state index in [0.29, 0.717) is 30.7 Å². The van der Waals surface area contributed by atoms with Crippen LogP contribution in [0.5, 0.6) is 0 Å². The molecule has 0 spiro atoms. The van der Waals surface area contributed by atoms with Crippen LogP contribution < -0.4 is 11.1 Å². The zero-order valence-corrected chi connectivity index (χ0v) is 19.6. The third-order valence-corrected chi connectivity index (χ3v) is 5.62. The molecule has 4 heterocycles. The number of aromatic nitrogens is 4. The summed E-state index contributed by atoms with van der Waals surface area (Å²) in [6.45, 7) is 6.92. The summed E-state index contributed by atoms with van der Waals surface area (Å²) in [5.74, 6) is 1.68. The van der Waals surface area contributed by atoms with Crippen molar-refractivity contribution >= 4 is 34.5 Å². The second kappa shape index (κ2) is 11.6. The fraction of sp³-hybridized carbons (Fsp3) is 0.400. The van der Waals surface area contributed by atoms with E-state index in [9.17, 15) is 0 Å². The number of hydrogen-bond acceptors (Lipinski definition) is 9. The van der Waals surface area contributed by atoms with Crippen LogP contribution in [-0.2, 0) is 9.47 Å². The summed E-state index contributed by atoms with van der Waals surface area (Å²) in [5, 5.41) is 11.5. The molecule has 3 aromatic heterocycles. The van der Waals surface area contributed by atoms with Crippen LogP contribution in [0.3, 0.4) is 0 Å². The molecule has 3 aromatic rings. The summed E-state index contributed by atoms with van der Waals surface area (Å²) in [7, 11) is 0. The SMILES string of the molecule is CC(C)c1cnnc(Nc2ccc3ncc(C(C=NCCOC4CCOCC4)=CN)cc3n2)c1. The Morgan fingerprint density at radius 3 is 2.85 bits per heavy atom. The van der Waals surface area contributed by atoms with Crippen molar-refractivity contribution in [2.45, 2.75) is 38.7 Å². The normalized spacial score (nSPS) is 15.4. The van der Waals surface area contributed by atoms with Gasteiger partial charge in [0.2, 0.25) is 0 Å². The summed E-state index contributed by atoms with van der Waals surface area (Å²) in [6, 6.07) is 7.72. The summed E-state index contributed by atoms with van der Waals surface area (Å²) in [5.41, 5.74) is 10.1. The maximum atomic E-state index is 5.88. The molecule has 0 saturated carbocycles. The van der Waals surface area contributed by atoms with Crippen molar-refractivity contribution in [1.29, 1.82) is 0 Å². The van der Waals surface area contributed by atoms with Gasteiger partial charge in [-0.1, -0.05) is 13.8 Å². The molecule has 1 fully saturated rings. The van der Waals surface area contributed by atoms with E-state index < -0.39 is 0 Å². The maximum Gasteiger partial charge on any atom is 0.154 e. The van der Waals surface area contributed by atoms with Gasteiger partial charge in [-0.15, -0.1) is 5.10 Å². The molecule has 178 valence electrons. The van der Waals surface area contributed by atoms with E-state index in [4.69, 9.17) is 20.2 Å². The van der Waals surface area contributed by atoms with Crippen LogP contribution in [-0.4, -0.2) is 58.8 Å². The fourth-order valence-electron chi connectivity index (χ4n) is 3.62. The molecule has 4 rings (SSSR count). The molecule has 0 radical (unpaired) electrons. The number of nitrogens with one attached hydrogen (secondary N) is 1. The smallest absolute Gasteiger partial charge is 0.154 e. The van der Waals surface area contributed by atoms with Crippen molar-refractivity contribution in [1.82, 2.24) is 20.2 Å². The Bertz CT molecular complexity index is 1160. The van der Waals surface area contributed by atoms with Crippen molar-refractivity contribution in [3.8, 4) is 0 Å². The summed E-state index contributed by atoms with van der Waals surface area (Å²) < 4.78 is 11.2. The van der Waals surface area contributed by atoms with Crippen molar-refractivity contribution in [2.75, 3.05) is 31.7 Å². The molecule has 0 unspecified atom stereocenters. The number of nitrogens with two attached hydrogens (primary N) is 1. The van der Waals surface area contributed by atoms with E-state index in [2.05, 4.69) is 39.3 Å². The Hall–Kier alpha value is -3.43. The molecule has 1 aliphatic rings. The first-order valence-corrected chi connectivity index (χ1v) is 11.6. The van der Waals surface area contributed by atoms with Crippen molar-refractivity contribution in [3.63, 3.8) is 0 Å². The predicted octanol–water partition coefficient (Wildman–Crippen LogP) is 3.85. The van der Waals surface area contributed by atoms with Crippen molar-refractivity contribution in [3.05, 3.63) is 54.0 Å². The molecule has 1 saturated heterocycles. The molecule has 0 aromatic carbocycles. The van der Waals surface area contributed by atoms with Gasteiger partial charge in [0.25, 0.3) is 0 Å². The van der Waals surface area contributed by atoms with Gasteiger partial charge < -0.3 is 20.5 Å². The van der Waals surface area contributed by atoms with Gasteiger partial charge in [-0.05, 0) is 48.6 Å². The molecule has 3 N–H and O–H groups in total. The highest BCUT2D eigenvalue weighted by molar-refractivity contribution is 6.10. The first kappa shape index (κ1) is 23.7. The largest absolute Gasteiger partial charge is 0.404 e. The number of nitrogens with zero attached hydrogens (tertiary/aromatic N) is 5. The first-order chi connectivity index (χ1) is 16.6. The van der Waals surface area contributed by atoms with Crippen LogP contribution in [0.2, 0.25) is 0 Å². The monoisotopic (exact) mass is 461 g/mol. The summed E-state index contributed by atoms with van der Waals surface area (Å²) >= 11 is 0. The minimum atomic E-state index is 0.269. The second-order valence-corrected chi connectivity index (χ2v) is 8.45. The van der Waals surface area contributed by atoms with Crippen molar-refractivity contribution in [2.24, 2.45) is 10.7 Å². The summed E-state index contributed by atoms with van der Waals surface area (Å²) in [4.78, 5) is 13.7. The molecular formula is C25H31N7O2. The molecule has 34 heavy (non-hydrogen) atoms. The average molecular weight is 462 g/mol. The molecule has 0 amide bonds. The Morgan fingerprint density at radius 2 is 2.06 bits per heavy atom. The highest BCUT2D eigenvalue weighted by Gasteiger charge is 2.13. The average Bonchev–Trinajstić information content (AvgIpc) is 2.86. The van der Waals surface area contributed by atoms with Gasteiger partial charge in [0.1, 0.15) is 5.82 Å². The number of aliphatic imine (C=N–C) groups is 1. The van der Waals surface area contributed by atoms with Crippen LogP contribution in [0.25, 0.3) is 16.6 Å². The topological polar surface area (TPSA) is 120 Å². The molecule has 0 atom stereocenters. The van der Waals surface area contributed by atoms with Gasteiger partial charge in [0.05, 0.1) is 36.5 Å². The van der Waals surface area contributed by atoms with Gasteiger partial charge in [0, 0.05) is 43.0 Å². The number of pyridine rings is 2. The lowest BCUT2D eigenvalue weighted by molar-refractivity contribution is -0.0289. The van der Waals surface area contributed by atoms with Gasteiger partial charge in [0.15, 0.2) is 5.82 Å². The van der Waals surface area contributed by atoms with E-state index >= 15 is 0 Å². The molecular weight excluding hydrogens is 430 g/mol. The quantitative estimate of drug-likeness (QED) is 0.364. The maximum absolute atomic E-state index is 5.88. The van der Waals surface area contributed by atoms with Gasteiger partial charge in [-0.25, -0.2) is 4.98 Å². The number of ether oxygens (including phenoxy) is 2. The molecule has 9 heteroatoms. The Kier molecular flexibility index (Phi) is 8.11. The van der Waals surface area contributed by atoms with E-state index in [-0.39, 0.29) is 6.10 Å². The van der Waals surface area contributed by atoms with Gasteiger partial charge in [-0.3, -0.25) is 9.98 Å². The Balaban J connectivity index is 1.42. The van der Waals surface area contributed by atoms with E-state index in [1.807, 2.05) is 24.3 Å². The molecule has 1 aliphatic heterocycles. The number of allylic oxidation sites excluding steroid dienone is 1. The van der Waals surface area contributed by atoms with Crippen LogP contribution in [0.4, 0.5) is 11.6 Å². The lowest BCUT2D eigenvalue weighted by Gasteiger charge is -2.21. The third kappa shape index (κ3) is 6.33. The third-order valence-electron chi connectivity index (χ3n) is 5.62. The first-order valence-electron chi connectivity index (χ1n) is 11.6. The van der Waals surface area contributed by atoms with Crippen molar-refractivity contribution < 1.29 is 9.47 Å². The van der Waals surface area contributed by atoms with Crippen LogP contribution in [0, 0.1) is 0 Å². The van der Waals surface area contributed by atoms with E-state index in [1.54, 1.807) is 18.6 Å². The second-order valence-electron chi connectivity index (χ2n) is 8.45. The number of rotatable bonds is 9. The van der Waals surface area contributed by atoms with Crippen LogP contribution in [0.1, 0.15) is 43.7 Å². The minimum Gasteiger partial charge on any atom is -0.404 e. The standard InChI is InChI=1S/C25H31N7O2/c1-17(2)18-12-25(32-29-16-18)31-24-4-3-22-23(30-24)11-19(15-28-22)20(13-26)14-27-7-10-34-21-5-8-33-9-6-21/h3-4,11-17,21H,5-10,26H2,1-2H3,(H,30,31,32). The number of fused-ring (bicyclic) bond motifs is 1. The van der Waals surface area contributed by atoms with Crippen LogP contribution in [0.15, 0.2) is 47.9 Å². The zero-order valence-electron chi connectivity index (χ0n) is 19.6. The Labute approximate surface area is 199 Å². The number of hydrogen-bond donors (Lipinski definition) is 2. The molecule has 9 nitrogen and oxygen atoms in total. The predicted molar refractivity (Wildman–Crippen MR) is 134 cm³/mol. The minimum absolute atomic E-state index is 0.269. The summed E-state index contributed by atoms with van der Waals surface area (Å²) in [6.07, 6.45) is 8.99. The molecule has 0 aliphatic carbocycles. The lowest BCUT2D eigenvalue weighted by atomic mass is 10.1. The highest BCUT2D eigenvalue weighted by Crippen LogP contribution is 2.21. The Morgan fingerprint density at radius 1 is 1.21 bits per heavy atom. The van der Waals surface area contributed by atoms with Gasteiger partial charge in [-0.2, -0.15) is 5.10 Å². The van der Waals surface area contributed by atoms with E-state index in [1.165, 1.54) is 6.20 Å². The van der Waals surface area contributed by atoms with Crippen LogP contribution >= 0.6 is 0 Å². The number of anilines is 2. The fourth-order valence-corrected chi connectivity index (χ4v) is 3.62. The highest BCUT2D eigenvalue weighted by atomic mass is 16.5. The zero-order chi connectivity index (χ0) is 23.8. The lowest BCUT2D eigenvalue weighted by Crippen LogP contribution is -2.24. The molecule has 0 bridgehead atoms.